The van der Waals surface area contributed by atoms with Crippen LogP contribution in [0.25, 0.3) is 38.6 Å². The van der Waals surface area contributed by atoms with Crippen molar-refractivity contribution in [2.45, 2.75) is 6.54 Å². The maximum atomic E-state index is 12.1. The Balaban J connectivity index is 1.83. The van der Waals surface area contributed by atoms with E-state index in [-0.39, 0.29) is 0 Å². The van der Waals surface area contributed by atoms with Crippen LogP contribution in [0.15, 0.2) is 67.1 Å². The van der Waals surface area contributed by atoms with E-state index < -0.39 is 0 Å². The highest BCUT2D eigenvalue weighted by atomic mass is 16.1. The molecule has 0 aliphatic rings. The highest BCUT2D eigenvalue weighted by Gasteiger charge is 2.21. The summed E-state index contributed by atoms with van der Waals surface area (Å²) in [5, 5.41) is 2.34. The predicted octanol–water partition coefficient (Wildman–Crippen LogP) is 4.99. The van der Waals surface area contributed by atoms with Crippen molar-refractivity contribution in [1.29, 1.82) is 0 Å². The van der Waals surface area contributed by atoms with Gasteiger partial charge in [0.1, 0.15) is 0 Å². The van der Waals surface area contributed by atoms with Crippen LogP contribution in [0.1, 0.15) is 16.1 Å². The largest absolute Gasteiger partial charge is 0.361 e. The molecule has 3 heterocycles. The number of H-pyrrole nitrogens is 1. The summed E-state index contributed by atoms with van der Waals surface area (Å²) in [4.78, 5) is 17.6. The van der Waals surface area contributed by atoms with Gasteiger partial charge in [-0.05, 0) is 31.8 Å². The van der Waals surface area contributed by atoms with Gasteiger partial charge in [0.25, 0.3) is 0 Å². The van der Waals surface area contributed by atoms with Crippen LogP contribution in [0.2, 0.25) is 0 Å². The molecular formula is C25H24N4O. The molecule has 0 aliphatic carbocycles. The van der Waals surface area contributed by atoms with E-state index in [2.05, 4.69) is 71.1 Å². The minimum absolute atomic E-state index is 0.668. The molecule has 5 heteroatoms. The number of nitrogens with zero attached hydrogens (tertiary/aromatic N) is 3. The molecule has 5 nitrogen and oxygen atoms in total. The summed E-state index contributed by atoms with van der Waals surface area (Å²) < 4.78 is 4.14. The summed E-state index contributed by atoms with van der Waals surface area (Å²) in [6, 6.07) is 16.6. The van der Waals surface area contributed by atoms with Gasteiger partial charge in [-0.1, -0.05) is 36.4 Å². The van der Waals surface area contributed by atoms with Crippen molar-refractivity contribution in [2.24, 2.45) is 7.05 Å². The molecule has 5 aromatic rings. The van der Waals surface area contributed by atoms with Gasteiger partial charge in [-0.15, -0.1) is 0 Å². The molecule has 0 atom stereocenters. The van der Waals surface area contributed by atoms with Crippen LogP contribution in [-0.2, 0) is 13.6 Å². The van der Waals surface area contributed by atoms with Crippen molar-refractivity contribution in [3.63, 3.8) is 0 Å². The molecule has 0 spiro atoms. The minimum atomic E-state index is 0.668. The number of aldehydes is 1. The van der Waals surface area contributed by atoms with E-state index >= 15 is 0 Å². The second-order valence-corrected chi connectivity index (χ2v) is 8.03. The standard InChI is InChI=1S/C25H24N4O/c1-27(2)13-17-14-29(22-11-7-5-8-18(17)22)23-15-28(3)24(16-30)25(23)20-12-26-21-10-6-4-9-19(20)21/h4-12,14-16,26H,13H2,1-3H3. The lowest BCUT2D eigenvalue weighted by Gasteiger charge is -2.08. The van der Waals surface area contributed by atoms with Crippen LogP contribution in [0, 0.1) is 0 Å². The van der Waals surface area contributed by atoms with E-state index in [1.54, 1.807) is 0 Å². The molecule has 0 unspecified atom stereocenters. The fraction of sp³-hybridized carbons (Fsp3) is 0.160. The van der Waals surface area contributed by atoms with Gasteiger partial charge in [-0.2, -0.15) is 0 Å². The fourth-order valence-electron chi connectivity index (χ4n) is 4.42. The summed E-state index contributed by atoms with van der Waals surface area (Å²) in [7, 11) is 6.09. The summed E-state index contributed by atoms with van der Waals surface area (Å²) in [5.41, 5.74) is 7.12. The number of aromatic nitrogens is 3. The summed E-state index contributed by atoms with van der Waals surface area (Å²) >= 11 is 0. The minimum Gasteiger partial charge on any atom is -0.361 e. The molecule has 1 N–H and O–H groups in total. The Morgan fingerprint density at radius 3 is 2.50 bits per heavy atom. The quantitative estimate of drug-likeness (QED) is 0.425. The third kappa shape index (κ3) is 2.78. The number of carbonyl (C=O) groups is 1. The molecule has 0 bridgehead atoms. The lowest BCUT2D eigenvalue weighted by atomic mass is 10.0. The molecule has 0 radical (unpaired) electrons. The number of hydrogen-bond donors (Lipinski definition) is 1. The average molecular weight is 396 g/mol. The number of nitrogens with one attached hydrogen (secondary N) is 1. The Labute approximate surface area is 175 Å². The van der Waals surface area contributed by atoms with Crippen LogP contribution in [0.3, 0.4) is 0 Å². The molecule has 0 saturated carbocycles. The first-order chi connectivity index (χ1) is 14.6. The monoisotopic (exact) mass is 396 g/mol. The highest BCUT2D eigenvalue weighted by Crippen LogP contribution is 2.38. The van der Waals surface area contributed by atoms with Gasteiger partial charge in [-0.25, -0.2) is 0 Å². The van der Waals surface area contributed by atoms with Crippen molar-refractivity contribution in [3.05, 3.63) is 78.4 Å². The Morgan fingerprint density at radius 2 is 1.73 bits per heavy atom. The van der Waals surface area contributed by atoms with E-state index in [1.165, 1.54) is 10.9 Å². The second-order valence-electron chi connectivity index (χ2n) is 8.03. The van der Waals surface area contributed by atoms with Crippen LogP contribution in [0.5, 0.6) is 0 Å². The van der Waals surface area contributed by atoms with Crippen LogP contribution in [0.4, 0.5) is 0 Å². The van der Waals surface area contributed by atoms with Crippen LogP contribution < -0.4 is 0 Å². The Kier molecular flexibility index (Phi) is 4.33. The smallest absolute Gasteiger partial charge is 0.167 e. The van der Waals surface area contributed by atoms with Crippen molar-refractivity contribution in [1.82, 2.24) is 19.0 Å². The maximum Gasteiger partial charge on any atom is 0.167 e. The lowest BCUT2D eigenvalue weighted by molar-refractivity contribution is 0.111. The topological polar surface area (TPSA) is 46.0 Å². The van der Waals surface area contributed by atoms with Gasteiger partial charge in [0, 0.05) is 59.6 Å². The zero-order chi connectivity index (χ0) is 20.8. The van der Waals surface area contributed by atoms with Crippen LogP contribution >= 0.6 is 0 Å². The van der Waals surface area contributed by atoms with Gasteiger partial charge < -0.3 is 19.0 Å². The predicted molar refractivity (Wildman–Crippen MR) is 122 cm³/mol. The summed E-state index contributed by atoms with van der Waals surface area (Å²) in [5.74, 6) is 0. The summed E-state index contributed by atoms with van der Waals surface area (Å²) in [6.07, 6.45) is 7.20. The number of aromatic amines is 1. The first-order valence-electron chi connectivity index (χ1n) is 10.0. The summed E-state index contributed by atoms with van der Waals surface area (Å²) in [6.45, 7) is 0.850. The lowest BCUT2D eigenvalue weighted by Crippen LogP contribution is -2.10. The number of rotatable bonds is 5. The van der Waals surface area contributed by atoms with Gasteiger partial charge in [0.2, 0.25) is 0 Å². The van der Waals surface area contributed by atoms with Gasteiger partial charge >= 0.3 is 0 Å². The second kappa shape index (κ2) is 7.04. The molecule has 0 saturated heterocycles. The number of benzene rings is 2. The molecule has 150 valence electrons. The van der Waals surface area contributed by atoms with E-state index in [1.807, 2.05) is 36.1 Å². The van der Waals surface area contributed by atoms with Crippen molar-refractivity contribution in [3.8, 4) is 16.8 Å². The fourth-order valence-corrected chi connectivity index (χ4v) is 4.42. The number of para-hydroxylation sites is 2. The third-order valence-corrected chi connectivity index (χ3v) is 5.72. The molecular weight excluding hydrogens is 372 g/mol. The first kappa shape index (κ1) is 18.5. The highest BCUT2D eigenvalue weighted by molar-refractivity contribution is 6.03. The first-order valence-corrected chi connectivity index (χ1v) is 10.0. The number of aryl methyl sites for hydroxylation is 1. The maximum absolute atomic E-state index is 12.1. The number of fused-ring (bicyclic) bond motifs is 2. The average Bonchev–Trinajstić information content (AvgIpc) is 3.41. The van der Waals surface area contributed by atoms with Crippen molar-refractivity contribution >= 4 is 28.1 Å². The molecule has 0 aliphatic heterocycles. The Bertz CT molecular complexity index is 1380. The zero-order valence-electron chi connectivity index (χ0n) is 17.4. The molecule has 2 aromatic carbocycles. The van der Waals surface area contributed by atoms with Crippen molar-refractivity contribution < 1.29 is 4.79 Å². The molecule has 30 heavy (non-hydrogen) atoms. The van der Waals surface area contributed by atoms with Gasteiger partial charge in [0.15, 0.2) is 6.29 Å². The molecule has 3 aromatic heterocycles. The Morgan fingerprint density at radius 1 is 1.00 bits per heavy atom. The van der Waals surface area contributed by atoms with Gasteiger partial charge in [-0.3, -0.25) is 4.79 Å². The molecule has 0 amide bonds. The van der Waals surface area contributed by atoms with E-state index in [9.17, 15) is 4.79 Å². The van der Waals surface area contributed by atoms with Crippen LogP contribution in [-0.4, -0.2) is 39.4 Å². The zero-order valence-corrected chi connectivity index (χ0v) is 17.4. The molecule has 5 rings (SSSR count). The number of carbonyl (C=O) groups excluding carboxylic acids is 1. The van der Waals surface area contributed by atoms with E-state index in [4.69, 9.17) is 0 Å². The Hall–Kier alpha value is -3.57. The number of hydrogen-bond acceptors (Lipinski definition) is 2. The third-order valence-electron chi connectivity index (χ3n) is 5.72. The van der Waals surface area contributed by atoms with E-state index in [0.717, 1.165) is 46.1 Å². The van der Waals surface area contributed by atoms with Gasteiger partial charge in [0.05, 0.1) is 16.9 Å². The van der Waals surface area contributed by atoms with E-state index in [0.29, 0.717) is 5.69 Å². The SMILES string of the molecule is CN(C)Cc1cn(-c2cn(C)c(C=O)c2-c2c[nH]c3ccccc23)c2ccccc12. The van der Waals surface area contributed by atoms with Crippen molar-refractivity contribution in [2.75, 3.05) is 14.1 Å². The normalized spacial score (nSPS) is 11.7. The molecule has 0 fully saturated rings.